The minimum atomic E-state index is -3.89. The fourth-order valence-electron chi connectivity index (χ4n) is 3.01. The monoisotopic (exact) mass is 440 g/mol. The average molecular weight is 440 g/mol. The number of amides is 1. The molecule has 9 heteroatoms. The second kappa shape index (κ2) is 8.57. The molecule has 0 radical (unpaired) electrons. The van der Waals surface area contributed by atoms with Gasteiger partial charge < -0.3 is 19.5 Å². The molecule has 0 unspecified atom stereocenters. The standard InChI is InChI=1S/C22H20N2O6S/c1-28-18-7-5-16(6-8-18)23-22(25)15-3-2-4-17(13-15)24-31(26,27)19-9-10-20-21(14-19)30-12-11-29-20/h2-10,13-14,24H,11-12H2,1H3,(H,23,25). The Bertz CT molecular complexity index is 1210. The molecule has 3 aromatic rings. The van der Waals surface area contributed by atoms with Gasteiger partial charge in [-0.25, -0.2) is 8.42 Å². The molecule has 1 heterocycles. The molecule has 0 bridgehead atoms. The number of methoxy groups -OCH3 is 1. The Balaban J connectivity index is 1.50. The van der Waals surface area contributed by atoms with Crippen LogP contribution in [0.5, 0.6) is 17.2 Å². The van der Waals surface area contributed by atoms with Crippen LogP contribution in [0, 0.1) is 0 Å². The van der Waals surface area contributed by atoms with Gasteiger partial charge in [-0.15, -0.1) is 0 Å². The van der Waals surface area contributed by atoms with Gasteiger partial charge in [0.25, 0.3) is 15.9 Å². The molecule has 2 N–H and O–H groups in total. The van der Waals surface area contributed by atoms with E-state index in [1.165, 1.54) is 18.2 Å². The van der Waals surface area contributed by atoms with Gasteiger partial charge >= 0.3 is 0 Å². The number of carbonyl (C=O) groups excluding carboxylic acids is 1. The summed E-state index contributed by atoms with van der Waals surface area (Å²) in [6.07, 6.45) is 0. The summed E-state index contributed by atoms with van der Waals surface area (Å²) in [5, 5.41) is 2.76. The molecule has 1 amide bonds. The average Bonchev–Trinajstić information content (AvgIpc) is 2.79. The zero-order valence-electron chi connectivity index (χ0n) is 16.6. The fourth-order valence-corrected chi connectivity index (χ4v) is 4.07. The lowest BCUT2D eigenvalue weighted by molar-refractivity contribution is 0.102. The third-order valence-corrected chi connectivity index (χ3v) is 5.93. The molecule has 0 aliphatic carbocycles. The van der Waals surface area contributed by atoms with Crippen LogP contribution >= 0.6 is 0 Å². The van der Waals surface area contributed by atoms with Gasteiger partial charge in [0.05, 0.1) is 12.0 Å². The highest BCUT2D eigenvalue weighted by molar-refractivity contribution is 7.92. The number of carbonyl (C=O) groups is 1. The van der Waals surface area contributed by atoms with Gasteiger partial charge in [-0.2, -0.15) is 0 Å². The molecule has 1 aliphatic heterocycles. The van der Waals surface area contributed by atoms with Gasteiger partial charge in [-0.3, -0.25) is 9.52 Å². The summed E-state index contributed by atoms with van der Waals surface area (Å²) in [6, 6.07) is 17.5. The molecule has 4 rings (SSSR count). The number of ether oxygens (including phenoxy) is 3. The van der Waals surface area contributed by atoms with Crippen LogP contribution in [0.3, 0.4) is 0 Å². The SMILES string of the molecule is COc1ccc(NC(=O)c2cccc(NS(=O)(=O)c3ccc4c(c3)OCCO4)c2)cc1. The molecule has 0 saturated carbocycles. The zero-order chi connectivity index (χ0) is 21.8. The Labute approximate surface area is 179 Å². The van der Waals surface area contributed by atoms with E-state index in [2.05, 4.69) is 10.0 Å². The van der Waals surface area contributed by atoms with E-state index in [4.69, 9.17) is 14.2 Å². The molecular weight excluding hydrogens is 420 g/mol. The molecule has 0 aromatic heterocycles. The lowest BCUT2D eigenvalue weighted by atomic mass is 10.2. The smallest absolute Gasteiger partial charge is 0.262 e. The molecular formula is C22H20N2O6S. The number of sulfonamides is 1. The van der Waals surface area contributed by atoms with Crippen LogP contribution in [0.4, 0.5) is 11.4 Å². The maximum atomic E-state index is 12.8. The van der Waals surface area contributed by atoms with Gasteiger partial charge in [0.2, 0.25) is 0 Å². The number of hydrogen-bond donors (Lipinski definition) is 2. The van der Waals surface area contributed by atoms with E-state index in [-0.39, 0.29) is 16.5 Å². The zero-order valence-corrected chi connectivity index (χ0v) is 17.4. The van der Waals surface area contributed by atoms with Crippen molar-refractivity contribution in [3.05, 3.63) is 72.3 Å². The Morgan fingerprint density at radius 1 is 0.903 bits per heavy atom. The van der Waals surface area contributed by atoms with Gasteiger partial charge in [-0.05, 0) is 54.6 Å². The summed E-state index contributed by atoms with van der Waals surface area (Å²) in [7, 11) is -2.33. The quantitative estimate of drug-likeness (QED) is 0.608. The highest BCUT2D eigenvalue weighted by Crippen LogP contribution is 2.32. The minimum absolute atomic E-state index is 0.0323. The molecule has 0 saturated heterocycles. The van der Waals surface area contributed by atoms with Crippen molar-refractivity contribution in [3.8, 4) is 17.2 Å². The first kappa shape index (κ1) is 20.5. The van der Waals surface area contributed by atoms with Crippen molar-refractivity contribution < 1.29 is 27.4 Å². The predicted octanol–water partition coefficient (Wildman–Crippen LogP) is 3.52. The van der Waals surface area contributed by atoms with Crippen molar-refractivity contribution in [1.82, 2.24) is 0 Å². The van der Waals surface area contributed by atoms with Gasteiger partial charge in [0, 0.05) is 23.0 Å². The van der Waals surface area contributed by atoms with Crippen LogP contribution in [-0.2, 0) is 10.0 Å². The Hall–Kier alpha value is -3.72. The van der Waals surface area contributed by atoms with Crippen molar-refractivity contribution in [3.63, 3.8) is 0 Å². The second-order valence-corrected chi connectivity index (χ2v) is 8.36. The van der Waals surface area contributed by atoms with Crippen LogP contribution < -0.4 is 24.2 Å². The molecule has 8 nitrogen and oxygen atoms in total. The van der Waals surface area contributed by atoms with Crippen LogP contribution in [0.25, 0.3) is 0 Å². The first-order valence-electron chi connectivity index (χ1n) is 9.42. The first-order valence-corrected chi connectivity index (χ1v) is 10.9. The molecule has 3 aromatic carbocycles. The summed E-state index contributed by atoms with van der Waals surface area (Å²) in [5.41, 5.74) is 1.16. The topological polar surface area (TPSA) is 103 Å². The summed E-state index contributed by atoms with van der Waals surface area (Å²) in [5.74, 6) is 1.18. The third kappa shape index (κ3) is 4.72. The van der Waals surface area contributed by atoms with E-state index in [1.807, 2.05) is 0 Å². The number of fused-ring (bicyclic) bond motifs is 1. The number of rotatable bonds is 6. The Morgan fingerprint density at radius 2 is 1.65 bits per heavy atom. The molecule has 1 aliphatic rings. The van der Waals surface area contributed by atoms with Gasteiger partial charge in [0.1, 0.15) is 19.0 Å². The Kier molecular flexibility index (Phi) is 5.68. The summed E-state index contributed by atoms with van der Waals surface area (Å²) >= 11 is 0. The Morgan fingerprint density at radius 3 is 2.39 bits per heavy atom. The van der Waals surface area contributed by atoms with Crippen molar-refractivity contribution in [1.29, 1.82) is 0 Å². The number of benzene rings is 3. The van der Waals surface area contributed by atoms with Crippen molar-refractivity contribution in [2.75, 3.05) is 30.4 Å². The molecule has 0 spiro atoms. The van der Waals surface area contributed by atoms with Crippen LogP contribution in [0.2, 0.25) is 0 Å². The van der Waals surface area contributed by atoms with E-state index in [0.29, 0.717) is 41.7 Å². The van der Waals surface area contributed by atoms with Crippen molar-refractivity contribution in [2.24, 2.45) is 0 Å². The van der Waals surface area contributed by atoms with Gasteiger partial charge in [0.15, 0.2) is 11.5 Å². The van der Waals surface area contributed by atoms with Crippen LogP contribution in [0.1, 0.15) is 10.4 Å². The largest absolute Gasteiger partial charge is 0.497 e. The summed E-state index contributed by atoms with van der Waals surface area (Å²) in [6.45, 7) is 0.776. The van der Waals surface area contributed by atoms with Crippen LogP contribution in [0.15, 0.2) is 71.6 Å². The maximum absolute atomic E-state index is 12.8. The number of hydrogen-bond acceptors (Lipinski definition) is 6. The van der Waals surface area contributed by atoms with Gasteiger partial charge in [-0.1, -0.05) is 6.07 Å². The molecule has 160 valence electrons. The first-order chi connectivity index (χ1) is 14.9. The molecule has 31 heavy (non-hydrogen) atoms. The maximum Gasteiger partial charge on any atom is 0.262 e. The second-order valence-electron chi connectivity index (χ2n) is 6.67. The lowest BCUT2D eigenvalue weighted by Gasteiger charge is -2.19. The summed E-state index contributed by atoms with van der Waals surface area (Å²) in [4.78, 5) is 12.6. The van der Waals surface area contributed by atoms with E-state index >= 15 is 0 Å². The minimum Gasteiger partial charge on any atom is -0.497 e. The van der Waals surface area contributed by atoms with Crippen molar-refractivity contribution in [2.45, 2.75) is 4.90 Å². The van der Waals surface area contributed by atoms with Crippen molar-refractivity contribution >= 4 is 27.3 Å². The number of anilines is 2. The summed E-state index contributed by atoms with van der Waals surface area (Å²) < 4.78 is 44.1. The number of nitrogens with one attached hydrogen (secondary N) is 2. The van der Waals surface area contributed by atoms with E-state index in [0.717, 1.165) is 0 Å². The lowest BCUT2D eigenvalue weighted by Crippen LogP contribution is -2.17. The highest BCUT2D eigenvalue weighted by Gasteiger charge is 2.20. The fraction of sp³-hybridized carbons (Fsp3) is 0.136. The normalized spacial score (nSPS) is 12.7. The van der Waals surface area contributed by atoms with E-state index in [9.17, 15) is 13.2 Å². The molecule has 0 atom stereocenters. The molecule has 0 fully saturated rings. The third-order valence-electron chi connectivity index (χ3n) is 4.55. The predicted molar refractivity (Wildman–Crippen MR) is 116 cm³/mol. The highest BCUT2D eigenvalue weighted by atomic mass is 32.2. The van der Waals surface area contributed by atoms with E-state index in [1.54, 1.807) is 55.6 Å². The van der Waals surface area contributed by atoms with E-state index < -0.39 is 10.0 Å². The van der Waals surface area contributed by atoms with Crippen LogP contribution in [-0.4, -0.2) is 34.6 Å².